The van der Waals surface area contributed by atoms with Gasteiger partial charge in [0.2, 0.25) is 0 Å². The maximum Gasteiger partial charge on any atom is 0.357 e. The third kappa shape index (κ3) is 2.55. The number of nitrogens with zero attached hydrogens (tertiary/aromatic N) is 3. The number of nitrogens with two attached hydrogens (primary N) is 1. The van der Waals surface area contributed by atoms with Gasteiger partial charge in [0.05, 0.1) is 30.6 Å². The van der Waals surface area contributed by atoms with Crippen LogP contribution in [-0.4, -0.2) is 36.1 Å². The number of hydrogen-bond acceptors (Lipinski definition) is 6. The van der Waals surface area contributed by atoms with Gasteiger partial charge in [-0.3, -0.25) is 4.79 Å². The number of imide groups is 1. The molecule has 1 aromatic carbocycles. The van der Waals surface area contributed by atoms with Gasteiger partial charge in [-0.05, 0) is 18.2 Å². The molecule has 9 nitrogen and oxygen atoms in total. The molecule has 3 rings (SSSR count). The molecule has 0 aliphatic carbocycles. The number of rotatable bonds is 3. The first kappa shape index (κ1) is 16.1. The molecule has 2 aromatic rings. The highest BCUT2D eigenvalue weighted by Crippen LogP contribution is 2.27. The van der Waals surface area contributed by atoms with E-state index in [1.165, 1.54) is 23.9 Å². The highest BCUT2D eigenvalue weighted by Gasteiger charge is 2.30. The molecule has 0 spiro atoms. The summed E-state index contributed by atoms with van der Waals surface area (Å²) in [4.78, 5) is 36.7. The minimum atomic E-state index is -0.709. The lowest BCUT2D eigenvalue weighted by molar-refractivity contribution is -0.115. The summed E-state index contributed by atoms with van der Waals surface area (Å²) in [6.07, 6.45) is 1.40. The van der Waals surface area contributed by atoms with Crippen LogP contribution in [0.2, 0.25) is 0 Å². The van der Waals surface area contributed by atoms with E-state index in [9.17, 15) is 14.4 Å². The number of aromatic nitrogens is 1. The third-order valence-electron chi connectivity index (χ3n) is 3.75. The summed E-state index contributed by atoms with van der Waals surface area (Å²) in [7, 11) is 1.20. The highest BCUT2D eigenvalue weighted by molar-refractivity contribution is 6.19. The van der Waals surface area contributed by atoms with E-state index < -0.39 is 12.0 Å². The summed E-state index contributed by atoms with van der Waals surface area (Å²) in [5.74, 6) is -1.10. The zero-order valence-corrected chi connectivity index (χ0v) is 13.1. The maximum absolute atomic E-state index is 12.0. The van der Waals surface area contributed by atoms with Crippen molar-refractivity contribution in [1.29, 1.82) is 5.26 Å². The van der Waals surface area contributed by atoms with Gasteiger partial charge in [0.1, 0.15) is 6.07 Å². The highest BCUT2D eigenvalue weighted by atomic mass is 16.5. The molecule has 9 heteroatoms. The number of benzene rings is 1. The molecule has 3 N–H and O–H groups in total. The average Bonchev–Trinajstić information content (AvgIpc) is 3.13. The van der Waals surface area contributed by atoms with Crippen molar-refractivity contribution in [3.8, 4) is 11.8 Å². The summed E-state index contributed by atoms with van der Waals surface area (Å²) in [5, 5.41) is 11.6. The summed E-state index contributed by atoms with van der Waals surface area (Å²) in [6.45, 7) is -0.0779. The zero-order valence-electron chi connectivity index (χ0n) is 13.1. The van der Waals surface area contributed by atoms with Crippen LogP contribution in [0.5, 0.6) is 0 Å². The van der Waals surface area contributed by atoms with Crippen molar-refractivity contribution < 1.29 is 19.1 Å². The molecular formula is C16H13N5O4. The quantitative estimate of drug-likeness (QED) is 0.627. The number of nitrogens with one attached hydrogen (secondary N) is 1. The lowest BCUT2D eigenvalue weighted by Gasteiger charge is -2.15. The van der Waals surface area contributed by atoms with Gasteiger partial charge in [0, 0.05) is 11.9 Å². The molecule has 3 amide bonds. The standard InChI is InChI=1S/C16H13N5O4/c1-25-15(23)14-13(18)9(6-17)8-20(14)10-3-2-4-11(5-10)21-12(22)7-19-16(21)24/h2-5,8H,7,18H2,1H3,(H,19,24). The number of hydrogen-bond donors (Lipinski definition) is 2. The lowest BCUT2D eigenvalue weighted by Crippen LogP contribution is -2.30. The molecular weight excluding hydrogens is 326 g/mol. The molecule has 0 bridgehead atoms. The molecule has 126 valence electrons. The number of nitrogen functional groups attached to an aromatic ring is 1. The van der Waals surface area contributed by atoms with E-state index in [0.29, 0.717) is 11.4 Å². The first-order valence-electron chi connectivity index (χ1n) is 7.18. The van der Waals surface area contributed by atoms with Crippen LogP contribution in [-0.2, 0) is 9.53 Å². The number of anilines is 2. The Bertz CT molecular complexity index is 924. The summed E-state index contributed by atoms with van der Waals surface area (Å²) >= 11 is 0. The first-order valence-corrected chi connectivity index (χ1v) is 7.18. The van der Waals surface area contributed by atoms with Crippen LogP contribution < -0.4 is 16.0 Å². The van der Waals surface area contributed by atoms with Crippen molar-refractivity contribution in [2.45, 2.75) is 0 Å². The average molecular weight is 339 g/mol. The number of urea groups is 1. The predicted octanol–water partition coefficient (Wildman–Crippen LogP) is 0.774. The van der Waals surface area contributed by atoms with E-state index in [1.807, 2.05) is 6.07 Å². The topological polar surface area (TPSA) is 130 Å². The first-order chi connectivity index (χ1) is 12.0. The minimum Gasteiger partial charge on any atom is -0.464 e. The number of carbonyl (C=O) groups is 3. The van der Waals surface area contributed by atoms with Crippen molar-refractivity contribution in [2.75, 3.05) is 24.3 Å². The molecule has 1 aliphatic heterocycles. The molecule has 2 heterocycles. The number of amides is 3. The Morgan fingerprint density at radius 3 is 2.68 bits per heavy atom. The molecule has 25 heavy (non-hydrogen) atoms. The van der Waals surface area contributed by atoms with E-state index in [2.05, 4.69) is 5.32 Å². The summed E-state index contributed by atoms with van der Waals surface area (Å²) in [6, 6.07) is 7.77. The van der Waals surface area contributed by atoms with Gasteiger partial charge in [-0.15, -0.1) is 0 Å². The van der Waals surface area contributed by atoms with Crippen molar-refractivity contribution in [3.63, 3.8) is 0 Å². The molecule has 0 atom stereocenters. The lowest BCUT2D eigenvalue weighted by atomic mass is 10.2. The number of carbonyl (C=O) groups excluding carboxylic acids is 3. The Kier molecular flexibility index (Phi) is 3.86. The van der Waals surface area contributed by atoms with Crippen LogP contribution >= 0.6 is 0 Å². The fourth-order valence-electron chi connectivity index (χ4n) is 2.58. The van der Waals surface area contributed by atoms with Crippen molar-refractivity contribution >= 4 is 29.3 Å². The van der Waals surface area contributed by atoms with Crippen LogP contribution in [0.15, 0.2) is 30.5 Å². The second-order valence-corrected chi connectivity index (χ2v) is 5.19. The van der Waals surface area contributed by atoms with Gasteiger partial charge in [-0.25, -0.2) is 14.5 Å². The SMILES string of the molecule is COC(=O)c1c(N)c(C#N)cn1-c1cccc(N2C(=O)CNC2=O)c1. The minimum absolute atomic E-state index is 0.00487. The van der Waals surface area contributed by atoms with Gasteiger partial charge >= 0.3 is 12.0 Å². The van der Waals surface area contributed by atoms with E-state index in [-0.39, 0.29) is 29.4 Å². The largest absolute Gasteiger partial charge is 0.464 e. The smallest absolute Gasteiger partial charge is 0.357 e. The predicted molar refractivity (Wildman–Crippen MR) is 87.1 cm³/mol. The molecule has 1 aliphatic rings. The van der Waals surface area contributed by atoms with E-state index in [4.69, 9.17) is 15.7 Å². The Hall–Kier alpha value is -3.80. The van der Waals surface area contributed by atoms with Gasteiger partial charge < -0.3 is 20.4 Å². The molecule has 1 fully saturated rings. The second kappa shape index (κ2) is 6.01. The van der Waals surface area contributed by atoms with Crippen molar-refractivity contribution in [2.24, 2.45) is 0 Å². The van der Waals surface area contributed by atoms with Gasteiger partial charge in [0.15, 0.2) is 5.69 Å². The summed E-state index contributed by atoms with van der Waals surface area (Å²) < 4.78 is 6.11. The number of methoxy groups -OCH3 is 1. The Morgan fingerprint density at radius 2 is 2.08 bits per heavy atom. The summed E-state index contributed by atoms with van der Waals surface area (Å²) in [5.41, 5.74) is 6.74. The molecule has 0 saturated carbocycles. The number of ether oxygens (including phenoxy) is 1. The second-order valence-electron chi connectivity index (χ2n) is 5.19. The monoisotopic (exact) mass is 339 g/mol. The van der Waals surface area contributed by atoms with E-state index in [1.54, 1.807) is 18.2 Å². The van der Waals surface area contributed by atoms with Crippen LogP contribution in [0.25, 0.3) is 5.69 Å². The molecule has 1 aromatic heterocycles. The van der Waals surface area contributed by atoms with Crippen LogP contribution in [0, 0.1) is 11.3 Å². The maximum atomic E-state index is 12.0. The Balaban J connectivity index is 2.14. The molecule has 0 unspecified atom stereocenters. The zero-order chi connectivity index (χ0) is 18.1. The third-order valence-corrected chi connectivity index (χ3v) is 3.75. The fourth-order valence-corrected chi connectivity index (χ4v) is 2.58. The Labute approximate surface area is 142 Å². The van der Waals surface area contributed by atoms with Crippen molar-refractivity contribution in [1.82, 2.24) is 9.88 Å². The van der Waals surface area contributed by atoms with Gasteiger partial charge in [-0.2, -0.15) is 5.26 Å². The van der Waals surface area contributed by atoms with E-state index >= 15 is 0 Å². The van der Waals surface area contributed by atoms with Crippen LogP contribution in [0.3, 0.4) is 0 Å². The van der Waals surface area contributed by atoms with E-state index in [0.717, 1.165) is 4.90 Å². The van der Waals surface area contributed by atoms with Crippen molar-refractivity contribution in [3.05, 3.63) is 41.7 Å². The molecule has 1 saturated heterocycles. The van der Waals surface area contributed by atoms with Gasteiger partial charge in [-0.1, -0.05) is 6.07 Å². The fraction of sp³-hybridized carbons (Fsp3) is 0.125. The molecule has 0 radical (unpaired) electrons. The van der Waals surface area contributed by atoms with Crippen LogP contribution in [0.1, 0.15) is 16.1 Å². The number of esters is 1. The van der Waals surface area contributed by atoms with Crippen LogP contribution in [0.4, 0.5) is 16.2 Å². The number of nitriles is 1. The van der Waals surface area contributed by atoms with Gasteiger partial charge in [0.25, 0.3) is 5.91 Å². The normalized spacial score (nSPS) is 13.5. The Morgan fingerprint density at radius 1 is 1.36 bits per heavy atom.